The van der Waals surface area contributed by atoms with Crippen LogP contribution in [0.1, 0.15) is 29.3 Å². The van der Waals surface area contributed by atoms with Gasteiger partial charge in [0.1, 0.15) is 5.75 Å². The van der Waals surface area contributed by atoms with Crippen LogP contribution in [0.15, 0.2) is 47.6 Å². The molecule has 0 fully saturated rings. The molecule has 5 heteroatoms. The van der Waals surface area contributed by atoms with Gasteiger partial charge in [0.25, 0.3) is 5.91 Å². The summed E-state index contributed by atoms with van der Waals surface area (Å²) in [7, 11) is 2.02. The van der Waals surface area contributed by atoms with Crippen molar-refractivity contribution in [3.05, 3.63) is 64.8 Å². The van der Waals surface area contributed by atoms with Gasteiger partial charge < -0.3 is 9.30 Å². The monoisotopic (exact) mass is 363 g/mol. The second kappa shape index (κ2) is 8.08. The maximum Gasteiger partial charge on any atom is 0.277 e. The molecule has 0 saturated heterocycles. The van der Waals surface area contributed by atoms with Crippen LogP contribution in [-0.4, -0.2) is 23.3 Å². The van der Waals surface area contributed by atoms with Crippen LogP contribution in [-0.2, 0) is 18.3 Å². The average molecular weight is 363 g/mol. The fourth-order valence-electron chi connectivity index (χ4n) is 3.18. The summed E-state index contributed by atoms with van der Waals surface area (Å²) in [6, 6.07) is 14.1. The van der Waals surface area contributed by atoms with E-state index in [-0.39, 0.29) is 12.5 Å². The number of nitrogens with one attached hydrogen (secondary N) is 1. The molecule has 0 bridgehead atoms. The van der Waals surface area contributed by atoms with Crippen molar-refractivity contribution in [1.29, 1.82) is 0 Å². The minimum absolute atomic E-state index is 0.0710. The third-order valence-electron chi connectivity index (χ3n) is 4.72. The summed E-state index contributed by atoms with van der Waals surface area (Å²) < 4.78 is 7.72. The number of carbonyl (C=O) groups is 1. The number of benzene rings is 2. The van der Waals surface area contributed by atoms with Gasteiger partial charge in [0.15, 0.2) is 6.61 Å². The van der Waals surface area contributed by atoms with Crippen molar-refractivity contribution in [3.8, 4) is 5.75 Å². The minimum atomic E-state index is -0.288. The second-order valence-electron chi connectivity index (χ2n) is 6.66. The summed E-state index contributed by atoms with van der Waals surface area (Å²) in [5.74, 6) is 0.416. The molecule has 0 saturated carbocycles. The highest BCUT2D eigenvalue weighted by Crippen LogP contribution is 2.23. The number of hydrogen-bond acceptors (Lipinski definition) is 3. The summed E-state index contributed by atoms with van der Waals surface area (Å²) in [5.41, 5.74) is 8.08. The Hall–Kier alpha value is -3.08. The number of hydrazone groups is 1. The maximum absolute atomic E-state index is 12.0. The lowest BCUT2D eigenvalue weighted by Crippen LogP contribution is -2.24. The Bertz CT molecular complexity index is 1000. The standard InChI is InChI=1S/C22H25N3O2/c1-5-17-10-15(2)11-18(12-17)27-14-22(26)24-23-13-20-16(3)25(4)21-9-7-6-8-19(20)21/h6-13H,5,14H2,1-4H3,(H,24,26)/b23-13-. The zero-order valence-electron chi connectivity index (χ0n) is 16.2. The number of nitrogens with zero attached hydrogens (tertiary/aromatic N) is 2. The molecule has 0 unspecified atom stereocenters. The van der Waals surface area contributed by atoms with Crippen LogP contribution in [0.4, 0.5) is 0 Å². The Kier molecular flexibility index (Phi) is 5.60. The third-order valence-corrected chi connectivity index (χ3v) is 4.72. The predicted molar refractivity (Wildman–Crippen MR) is 109 cm³/mol. The Labute approximate surface area is 159 Å². The van der Waals surface area contributed by atoms with Crippen molar-refractivity contribution in [2.75, 3.05) is 6.61 Å². The van der Waals surface area contributed by atoms with Gasteiger partial charge in [-0.2, -0.15) is 5.10 Å². The number of aromatic nitrogens is 1. The van der Waals surface area contributed by atoms with E-state index in [0.29, 0.717) is 5.75 Å². The lowest BCUT2D eigenvalue weighted by atomic mass is 10.1. The van der Waals surface area contributed by atoms with Crippen molar-refractivity contribution in [1.82, 2.24) is 9.99 Å². The van der Waals surface area contributed by atoms with Gasteiger partial charge in [0.05, 0.1) is 6.21 Å². The van der Waals surface area contributed by atoms with Crippen molar-refractivity contribution in [2.24, 2.45) is 12.1 Å². The molecule has 0 aliphatic heterocycles. The van der Waals surface area contributed by atoms with Crippen LogP contribution in [0, 0.1) is 13.8 Å². The summed E-state index contributed by atoms with van der Waals surface area (Å²) in [6.45, 7) is 6.08. The zero-order valence-corrected chi connectivity index (χ0v) is 16.2. The molecule has 3 aromatic rings. The van der Waals surface area contributed by atoms with Gasteiger partial charge in [-0.25, -0.2) is 5.43 Å². The molecule has 0 aliphatic carbocycles. The Morgan fingerprint density at radius 3 is 2.78 bits per heavy atom. The number of aryl methyl sites for hydroxylation is 3. The van der Waals surface area contributed by atoms with E-state index in [1.807, 2.05) is 45.2 Å². The van der Waals surface area contributed by atoms with E-state index in [1.54, 1.807) is 6.21 Å². The number of rotatable bonds is 6. The molecule has 2 aromatic carbocycles. The molecule has 0 spiro atoms. The first kappa shape index (κ1) is 18.7. The number of ether oxygens (including phenoxy) is 1. The van der Waals surface area contributed by atoms with Gasteiger partial charge in [-0.05, 0) is 49.6 Å². The van der Waals surface area contributed by atoms with Crippen LogP contribution in [0.5, 0.6) is 5.75 Å². The molecule has 27 heavy (non-hydrogen) atoms. The summed E-state index contributed by atoms with van der Waals surface area (Å²) in [4.78, 5) is 12.0. The molecule has 0 radical (unpaired) electrons. The third kappa shape index (κ3) is 4.19. The minimum Gasteiger partial charge on any atom is -0.484 e. The Balaban J connectivity index is 1.63. The molecule has 0 aliphatic rings. The first-order valence-electron chi connectivity index (χ1n) is 9.09. The van der Waals surface area contributed by atoms with E-state index in [1.165, 1.54) is 5.56 Å². The average Bonchev–Trinajstić information content (AvgIpc) is 2.91. The largest absolute Gasteiger partial charge is 0.484 e. The van der Waals surface area contributed by atoms with Crippen LogP contribution in [0.2, 0.25) is 0 Å². The van der Waals surface area contributed by atoms with Crippen molar-refractivity contribution in [3.63, 3.8) is 0 Å². The fraction of sp³-hybridized carbons (Fsp3) is 0.273. The predicted octanol–water partition coefficient (Wildman–Crippen LogP) is 3.89. The highest BCUT2D eigenvalue weighted by atomic mass is 16.5. The number of para-hydroxylation sites is 1. The van der Waals surface area contributed by atoms with Crippen molar-refractivity contribution >= 4 is 23.0 Å². The van der Waals surface area contributed by atoms with Gasteiger partial charge >= 0.3 is 0 Å². The molecule has 1 amide bonds. The first-order chi connectivity index (χ1) is 13.0. The van der Waals surface area contributed by atoms with Crippen molar-refractivity contribution < 1.29 is 9.53 Å². The van der Waals surface area contributed by atoms with E-state index in [9.17, 15) is 4.79 Å². The number of hydrogen-bond donors (Lipinski definition) is 1. The van der Waals surface area contributed by atoms with Crippen LogP contribution in [0.3, 0.4) is 0 Å². The molecular formula is C22H25N3O2. The smallest absolute Gasteiger partial charge is 0.277 e. The SMILES string of the molecule is CCc1cc(C)cc(OCC(=O)N/N=C\c2c(C)n(C)c3ccccc23)c1. The quantitative estimate of drug-likeness (QED) is 0.534. The van der Waals surface area contributed by atoms with E-state index < -0.39 is 0 Å². The second-order valence-corrected chi connectivity index (χ2v) is 6.66. The summed E-state index contributed by atoms with van der Waals surface area (Å²) in [5, 5.41) is 5.22. The first-order valence-corrected chi connectivity index (χ1v) is 9.09. The molecule has 0 atom stereocenters. The maximum atomic E-state index is 12.0. The van der Waals surface area contributed by atoms with Gasteiger partial charge in [0.2, 0.25) is 0 Å². The molecule has 1 aromatic heterocycles. The van der Waals surface area contributed by atoms with Gasteiger partial charge in [-0.3, -0.25) is 4.79 Å². The number of carbonyl (C=O) groups excluding carboxylic acids is 1. The topological polar surface area (TPSA) is 55.6 Å². The summed E-state index contributed by atoms with van der Waals surface area (Å²) in [6.07, 6.45) is 2.62. The molecular weight excluding hydrogens is 338 g/mol. The van der Waals surface area contributed by atoms with Crippen LogP contribution >= 0.6 is 0 Å². The molecule has 5 nitrogen and oxygen atoms in total. The Morgan fingerprint density at radius 1 is 1.22 bits per heavy atom. The van der Waals surface area contributed by atoms with Gasteiger partial charge in [0, 0.05) is 29.2 Å². The van der Waals surface area contributed by atoms with Gasteiger partial charge in [-0.15, -0.1) is 0 Å². The summed E-state index contributed by atoms with van der Waals surface area (Å²) >= 11 is 0. The highest BCUT2D eigenvalue weighted by Gasteiger charge is 2.09. The molecule has 1 heterocycles. The molecule has 140 valence electrons. The molecule has 3 rings (SSSR count). The Morgan fingerprint density at radius 2 is 2.00 bits per heavy atom. The number of amides is 1. The van der Waals surface area contributed by atoms with E-state index >= 15 is 0 Å². The van der Waals surface area contributed by atoms with Crippen LogP contribution < -0.4 is 10.2 Å². The fourth-order valence-corrected chi connectivity index (χ4v) is 3.18. The normalized spacial score (nSPS) is 11.3. The van der Waals surface area contributed by atoms with Crippen LogP contribution in [0.25, 0.3) is 10.9 Å². The van der Waals surface area contributed by atoms with Gasteiger partial charge in [-0.1, -0.05) is 31.2 Å². The zero-order chi connectivity index (χ0) is 19.4. The molecule has 1 N–H and O–H groups in total. The van der Waals surface area contributed by atoms with E-state index in [4.69, 9.17) is 4.74 Å². The van der Waals surface area contributed by atoms with E-state index in [0.717, 1.165) is 34.1 Å². The lowest BCUT2D eigenvalue weighted by molar-refractivity contribution is -0.123. The highest BCUT2D eigenvalue weighted by molar-refractivity contribution is 6.01. The lowest BCUT2D eigenvalue weighted by Gasteiger charge is -2.08. The van der Waals surface area contributed by atoms with Crippen molar-refractivity contribution in [2.45, 2.75) is 27.2 Å². The number of fused-ring (bicyclic) bond motifs is 1. The van der Waals surface area contributed by atoms with E-state index in [2.05, 4.69) is 40.2 Å².